The molecule has 1 aromatic heterocycles. The first-order valence-electron chi connectivity index (χ1n) is 10.1. The van der Waals surface area contributed by atoms with Crippen LogP contribution in [-0.4, -0.2) is 57.7 Å². The molecule has 0 saturated carbocycles. The molecule has 2 heterocycles. The van der Waals surface area contributed by atoms with Crippen LogP contribution in [0, 0.1) is 0 Å². The third kappa shape index (κ3) is 5.46. The molecule has 164 valence electrons. The van der Waals surface area contributed by atoms with Gasteiger partial charge in [-0.15, -0.1) is 0 Å². The average Bonchev–Trinajstić information content (AvgIpc) is 3.19. The van der Waals surface area contributed by atoms with Crippen molar-refractivity contribution in [3.63, 3.8) is 0 Å². The van der Waals surface area contributed by atoms with E-state index >= 15 is 0 Å². The molecule has 7 nitrogen and oxygen atoms in total. The SMILES string of the molecule is O=S(=O)(c1ccc(Cl)cc1)c1nc(Cc2ccccc2)oc1NCCN1CCOCC1. The molecule has 0 bridgehead atoms. The summed E-state index contributed by atoms with van der Waals surface area (Å²) in [4.78, 5) is 6.73. The number of halogens is 1. The van der Waals surface area contributed by atoms with Gasteiger partial charge in [-0.3, -0.25) is 4.90 Å². The van der Waals surface area contributed by atoms with Gasteiger partial charge in [0.05, 0.1) is 18.1 Å². The van der Waals surface area contributed by atoms with Gasteiger partial charge in [0.2, 0.25) is 26.6 Å². The smallest absolute Gasteiger partial charge is 0.233 e. The third-order valence-electron chi connectivity index (χ3n) is 5.03. The zero-order valence-corrected chi connectivity index (χ0v) is 18.5. The fraction of sp³-hybridized carbons (Fsp3) is 0.318. The molecule has 0 spiro atoms. The number of benzene rings is 2. The first kappa shape index (κ1) is 21.8. The van der Waals surface area contributed by atoms with E-state index in [1.807, 2.05) is 30.3 Å². The molecular weight excluding hydrogens is 438 g/mol. The molecule has 31 heavy (non-hydrogen) atoms. The first-order chi connectivity index (χ1) is 15.0. The van der Waals surface area contributed by atoms with Crippen LogP contribution in [0.15, 0.2) is 68.9 Å². The van der Waals surface area contributed by atoms with Crippen LogP contribution in [0.3, 0.4) is 0 Å². The van der Waals surface area contributed by atoms with Crippen molar-refractivity contribution < 1.29 is 17.6 Å². The van der Waals surface area contributed by atoms with E-state index in [0.717, 1.165) is 25.2 Å². The molecule has 0 aliphatic carbocycles. The van der Waals surface area contributed by atoms with Gasteiger partial charge < -0.3 is 14.5 Å². The van der Waals surface area contributed by atoms with Crippen LogP contribution in [0.1, 0.15) is 11.5 Å². The number of ether oxygens (including phenoxy) is 1. The molecule has 0 unspecified atom stereocenters. The highest BCUT2D eigenvalue weighted by molar-refractivity contribution is 7.91. The highest BCUT2D eigenvalue weighted by Gasteiger charge is 2.28. The van der Waals surface area contributed by atoms with Crippen molar-refractivity contribution in [1.29, 1.82) is 0 Å². The molecule has 1 fully saturated rings. The quantitative estimate of drug-likeness (QED) is 0.549. The molecule has 4 rings (SSSR count). The zero-order chi connectivity index (χ0) is 21.7. The first-order valence-corrected chi connectivity index (χ1v) is 12.0. The van der Waals surface area contributed by atoms with Crippen LogP contribution in [0.25, 0.3) is 0 Å². The number of oxazole rings is 1. The van der Waals surface area contributed by atoms with Crippen LogP contribution >= 0.6 is 11.6 Å². The summed E-state index contributed by atoms with van der Waals surface area (Å²) in [5.41, 5.74) is 0.985. The van der Waals surface area contributed by atoms with Crippen LogP contribution in [0.4, 0.5) is 5.88 Å². The predicted octanol–water partition coefficient (Wildman–Crippen LogP) is 3.50. The normalized spacial score (nSPS) is 15.1. The third-order valence-corrected chi connectivity index (χ3v) is 6.96. The Morgan fingerprint density at radius 1 is 1.03 bits per heavy atom. The van der Waals surface area contributed by atoms with Crippen molar-refractivity contribution in [1.82, 2.24) is 9.88 Å². The van der Waals surface area contributed by atoms with Crippen LogP contribution in [0.2, 0.25) is 5.02 Å². The second-order valence-corrected chi connectivity index (χ2v) is 9.54. The van der Waals surface area contributed by atoms with Gasteiger partial charge in [0.25, 0.3) is 0 Å². The van der Waals surface area contributed by atoms with Crippen molar-refractivity contribution in [2.45, 2.75) is 16.3 Å². The van der Waals surface area contributed by atoms with E-state index in [1.165, 1.54) is 12.1 Å². The lowest BCUT2D eigenvalue weighted by atomic mass is 10.2. The Kier molecular flexibility index (Phi) is 6.92. The van der Waals surface area contributed by atoms with Crippen LogP contribution < -0.4 is 5.32 Å². The summed E-state index contributed by atoms with van der Waals surface area (Å²) in [7, 11) is -3.87. The summed E-state index contributed by atoms with van der Waals surface area (Å²) < 4.78 is 37.8. The molecule has 9 heteroatoms. The fourth-order valence-electron chi connectivity index (χ4n) is 3.37. The Hall–Kier alpha value is -2.39. The van der Waals surface area contributed by atoms with Gasteiger partial charge in [-0.2, -0.15) is 4.98 Å². The fourth-order valence-corrected chi connectivity index (χ4v) is 4.79. The van der Waals surface area contributed by atoms with Gasteiger partial charge in [0, 0.05) is 37.6 Å². The Bertz CT molecular complexity index is 1100. The monoisotopic (exact) mass is 461 g/mol. The Morgan fingerprint density at radius 3 is 2.45 bits per heavy atom. The van der Waals surface area contributed by atoms with Gasteiger partial charge >= 0.3 is 0 Å². The van der Waals surface area contributed by atoms with Crippen molar-refractivity contribution >= 4 is 27.3 Å². The minimum absolute atomic E-state index is 0.109. The number of nitrogens with one attached hydrogen (secondary N) is 1. The minimum Gasteiger partial charge on any atom is -0.423 e. The average molecular weight is 462 g/mol. The van der Waals surface area contributed by atoms with E-state index < -0.39 is 9.84 Å². The van der Waals surface area contributed by atoms with E-state index in [4.69, 9.17) is 20.8 Å². The largest absolute Gasteiger partial charge is 0.423 e. The molecule has 2 aromatic carbocycles. The lowest BCUT2D eigenvalue weighted by molar-refractivity contribution is 0.0398. The molecule has 0 amide bonds. The number of sulfone groups is 1. The van der Waals surface area contributed by atoms with E-state index in [0.29, 0.717) is 37.1 Å². The molecule has 1 aliphatic heterocycles. The highest BCUT2D eigenvalue weighted by Crippen LogP contribution is 2.29. The van der Waals surface area contributed by atoms with Gasteiger partial charge in [-0.1, -0.05) is 41.9 Å². The summed E-state index contributed by atoms with van der Waals surface area (Å²) in [6.45, 7) is 4.40. The van der Waals surface area contributed by atoms with Crippen molar-refractivity contribution in [2.24, 2.45) is 0 Å². The highest BCUT2D eigenvalue weighted by atomic mass is 35.5. The lowest BCUT2D eigenvalue weighted by Gasteiger charge is -2.26. The van der Waals surface area contributed by atoms with Crippen molar-refractivity contribution in [3.05, 3.63) is 71.1 Å². The molecule has 0 radical (unpaired) electrons. The summed E-state index contributed by atoms with van der Waals surface area (Å²) in [6, 6.07) is 15.7. The summed E-state index contributed by atoms with van der Waals surface area (Å²) in [5.74, 6) is 0.502. The molecule has 1 N–H and O–H groups in total. The maximum absolute atomic E-state index is 13.3. The minimum atomic E-state index is -3.87. The second-order valence-electron chi connectivity index (χ2n) is 7.24. The summed E-state index contributed by atoms with van der Waals surface area (Å²) in [5, 5.41) is 3.49. The summed E-state index contributed by atoms with van der Waals surface area (Å²) >= 11 is 5.92. The Balaban J connectivity index is 1.58. The predicted molar refractivity (Wildman–Crippen MR) is 118 cm³/mol. The van der Waals surface area contributed by atoms with Gasteiger partial charge in [-0.05, 0) is 29.8 Å². The second kappa shape index (κ2) is 9.82. The number of morpholine rings is 1. The number of aromatic nitrogens is 1. The number of nitrogens with zero attached hydrogens (tertiary/aromatic N) is 2. The van der Waals surface area contributed by atoms with E-state index in [2.05, 4.69) is 15.2 Å². The summed E-state index contributed by atoms with van der Waals surface area (Å²) in [6.07, 6.45) is 0.398. The van der Waals surface area contributed by atoms with Gasteiger partial charge in [0.15, 0.2) is 0 Å². The number of hydrogen-bond acceptors (Lipinski definition) is 7. The Labute approximate surface area is 186 Å². The van der Waals surface area contributed by atoms with Gasteiger partial charge in [0.1, 0.15) is 0 Å². The number of anilines is 1. The zero-order valence-electron chi connectivity index (χ0n) is 17.0. The standard InChI is InChI=1S/C22H24ClN3O4S/c23-18-6-8-19(9-7-18)31(27,28)22-21(24-10-11-26-12-14-29-15-13-26)30-20(25-22)16-17-4-2-1-3-5-17/h1-9,24H,10-16H2. The van der Waals surface area contributed by atoms with Crippen LogP contribution in [-0.2, 0) is 21.0 Å². The Morgan fingerprint density at radius 2 is 1.74 bits per heavy atom. The van der Waals surface area contributed by atoms with Crippen molar-refractivity contribution in [3.8, 4) is 0 Å². The molecule has 1 aliphatic rings. The van der Waals surface area contributed by atoms with E-state index in [1.54, 1.807) is 12.1 Å². The van der Waals surface area contributed by atoms with E-state index in [-0.39, 0.29) is 15.8 Å². The number of hydrogen-bond donors (Lipinski definition) is 1. The molecule has 1 saturated heterocycles. The van der Waals surface area contributed by atoms with Crippen LogP contribution in [0.5, 0.6) is 0 Å². The number of rotatable bonds is 8. The maximum atomic E-state index is 13.3. The van der Waals surface area contributed by atoms with E-state index in [9.17, 15) is 8.42 Å². The maximum Gasteiger partial charge on any atom is 0.233 e. The lowest BCUT2D eigenvalue weighted by Crippen LogP contribution is -2.39. The molecule has 3 aromatic rings. The van der Waals surface area contributed by atoms with Crippen molar-refractivity contribution in [2.75, 3.05) is 44.7 Å². The topological polar surface area (TPSA) is 84.7 Å². The molecule has 0 atom stereocenters. The van der Waals surface area contributed by atoms with Gasteiger partial charge in [-0.25, -0.2) is 8.42 Å². The molecular formula is C22H24ClN3O4S.